The lowest BCUT2D eigenvalue weighted by molar-refractivity contribution is 0.726. The molecule has 8 nitrogen and oxygen atoms in total. The predicted octanol–water partition coefficient (Wildman–Crippen LogP) is 15.0. The third kappa shape index (κ3) is 23.4. The smallest absolute Gasteiger partial charge is 0.115 e. The quantitative estimate of drug-likeness (QED) is 0.174. The molecule has 320 valence electrons. The molecule has 0 aliphatic rings. The van der Waals surface area contributed by atoms with E-state index in [1.165, 1.54) is 33.6 Å². The van der Waals surface area contributed by atoms with Crippen LogP contribution in [0.2, 0.25) is 0 Å². The first-order valence-electron chi connectivity index (χ1n) is 21.7. The Balaban J connectivity index is -0.000000303. The molecule has 8 heteroatoms. The molecular formula is C48H88N8. The molecule has 0 saturated carbocycles. The van der Waals surface area contributed by atoms with Crippen molar-refractivity contribution in [2.45, 2.75) is 214 Å². The zero-order valence-corrected chi connectivity index (χ0v) is 40.8. The highest BCUT2D eigenvalue weighted by atomic mass is 15.1. The highest BCUT2D eigenvalue weighted by molar-refractivity contribution is 5.26. The summed E-state index contributed by atoms with van der Waals surface area (Å²) in [6.07, 6.45) is 14.4. The van der Waals surface area contributed by atoms with Crippen LogP contribution in [0.3, 0.4) is 0 Å². The lowest BCUT2D eigenvalue weighted by Crippen LogP contribution is -2.03. The Morgan fingerprint density at radius 3 is 0.732 bits per heavy atom. The summed E-state index contributed by atoms with van der Waals surface area (Å²) < 4.78 is 0. The Morgan fingerprint density at radius 2 is 0.536 bits per heavy atom. The Kier molecular flexibility index (Phi) is 37.6. The zero-order valence-electron chi connectivity index (χ0n) is 40.8. The van der Waals surface area contributed by atoms with E-state index in [-0.39, 0.29) is 0 Å². The molecule has 0 bridgehead atoms. The van der Waals surface area contributed by atoms with Gasteiger partial charge in [-0.3, -0.25) is 9.97 Å². The number of aromatic nitrogens is 8. The summed E-state index contributed by atoms with van der Waals surface area (Å²) in [5.41, 5.74) is 9.81. The summed E-state index contributed by atoms with van der Waals surface area (Å²) in [6, 6.07) is 0. The SMILES string of the molecule is CC.CC.CC.CC.CC(C)c1cncnc1C(C)C.CC(C)c1cncnc1C(C)C.CC(C)c1cnncc1C(C)C.CC(C)c1nccnc1C(C)C. The zero-order chi connectivity index (χ0) is 44.6. The average Bonchev–Trinajstić information content (AvgIpc) is 3.21. The van der Waals surface area contributed by atoms with E-state index in [2.05, 4.69) is 151 Å². The molecule has 0 saturated heterocycles. The standard InChI is InChI=1S/4C10H16N2.4C2H6/c2*1-7(2)9-5-11-6-12-10(9)8(3)4;1-7(2)9-5-11-12-6-10(9)8(3)4;1-7(2)9-10(8(3)4)12-6-5-11-9;4*1-2/h4*5-8H,1-4H3;4*1-2H3. The fourth-order valence-electron chi connectivity index (χ4n) is 5.11. The largest absolute Gasteiger partial charge is 0.258 e. The number of hydrogen-bond acceptors (Lipinski definition) is 8. The minimum atomic E-state index is 0.469. The summed E-state index contributed by atoms with van der Waals surface area (Å²) in [5, 5.41) is 7.80. The highest BCUT2D eigenvalue weighted by Crippen LogP contribution is 2.25. The third-order valence-electron chi connectivity index (χ3n) is 7.77. The van der Waals surface area contributed by atoms with Crippen molar-refractivity contribution in [3.05, 3.63) is 94.9 Å². The first-order valence-corrected chi connectivity index (χ1v) is 21.7. The van der Waals surface area contributed by atoms with Gasteiger partial charge in [0.15, 0.2) is 0 Å². The Hall–Kier alpha value is -3.68. The van der Waals surface area contributed by atoms with Gasteiger partial charge in [0.25, 0.3) is 0 Å². The molecule has 0 amide bonds. The van der Waals surface area contributed by atoms with Crippen LogP contribution in [-0.2, 0) is 0 Å². The molecule has 0 aliphatic carbocycles. The van der Waals surface area contributed by atoms with E-state index in [4.69, 9.17) is 0 Å². The van der Waals surface area contributed by atoms with Crippen LogP contribution in [0.5, 0.6) is 0 Å². The van der Waals surface area contributed by atoms with Crippen LogP contribution in [0.25, 0.3) is 0 Å². The monoisotopic (exact) mass is 777 g/mol. The van der Waals surface area contributed by atoms with Crippen LogP contribution in [-0.4, -0.2) is 40.1 Å². The number of nitrogens with zero attached hydrogens (tertiary/aromatic N) is 8. The molecule has 4 rings (SSSR count). The maximum Gasteiger partial charge on any atom is 0.115 e. The van der Waals surface area contributed by atoms with E-state index in [1.807, 2.05) is 80.2 Å². The van der Waals surface area contributed by atoms with Gasteiger partial charge in [-0.1, -0.05) is 166 Å². The first kappa shape index (κ1) is 59.0. The van der Waals surface area contributed by atoms with Crippen molar-refractivity contribution in [2.24, 2.45) is 0 Å². The molecule has 4 aromatic heterocycles. The van der Waals surface area contributed by atoms with Gasteiger partial charge in [-0.25, -0.2) is 19.9 Å². The average molecular weight is 777 g/mol. The van der Waals surface area contributed by atoms with Crippen molar-refractivity contribution >= 4 is 0 Å². The normalized spacial score (nSPS) is 10.0. The van der Waals surface area contributed by atoms with E-state index in [0.717, 1.165) is 11.4 Å². The minimum absolute atomic E-state index is 0.469. The van der Waals surface area contributed by atoms with Crippen molar-refractivity contribution in [3.63, 3.8) is 0 Å². The second-order valence-electron chi connectivity index (χ2n) is 14.7. The topological polar surface area (TPSA) is 103 Å². The summed E-state index contributed by atoms with van der Waals surface area (Å²) >= 11 is 0. The molecule has 4 aromatic rings. The molecule has 0 atom stereocenters. The van der Waals surface area contributed by atoms with Gasteiger partial charge in [0.05, 0.1) is 23.8 Å². The molecule has 56 heavy (non-hydrogen) atoms. The van der Waals surface area contributed by atoms with Crippen LogP contribution in [0.15, 0.2) is 49.8 Å². The van der Waals surface area contributed by atoms with E-state index in [1.54, 1.807) is 25.0 Å². The first-order chi connectivity index (χ1) is 26.5. The summed E-state index contributed by atoms with van der Waals surface area (Å²) in [6.45, 7) is 50.7. The molecule has 0 aromatic carbocycles. The van der Waals surface area contributed by atoms with Crippen LogP contribution in [0, 0.1) is 0 Å². The maximum atomic E-state index is 4.34. The van der Waals surface area contributed by atoms with Gasteiger partial charge in [0, 0.05) is 36.2 Å². The van der Waals surface area contributed by atoms with Gasteiger partial charge in [0.2, 0.25) is 0 Å². The third-order valence-corrected chi connectivity index (χ3v) is 7.77. The van der Waals surface area contributed by atoms with Crippen molar-refractivity contribution in [2.75, 3.05) is 0 Å². The summed E-state index contributed by atoms with van der Waals surface area (Å²) in [4.78, 5) is 25.3. The van der Waals surface area contributed by atoms with Gasteiger partial charge in [-0.2, -0.15) is 10.2 Å². The lowest BCUT2D eigenvalue weighted by Gasteiger charge is -2.13. The molecule has 0 spiro atoms. The molecule has 0 fully saturated rings. The molecule has 4 heterocycles. The van der Waals surface area contributed by atoms with Gasteiger partial charge < -0.3 is 0 Å². The Morgan fingerprint density at radius 1 is 0.286 bits per heavy atom. The second kappa shape index (κ2) is 35.7. The van der Waals surface area contributed by atoms with Crippen molar-refractivity contribution < 1.29 is 0 Å². The van der Waals surface area contributed by atoms with E-state index < -0.39 is 0 Å². The van der Waals surface area contributed by atoms with Gasteiger partial charge in [0.1, 0.15) is 12.7 Å². The van der Waals surface area contributed by atoms with E-state index in [9.17, 15) is 0 Å². The van der Waals surface area contributed by atoms with Gasteiger partial charge in [-0.15, -0.1) is 0 Å². The molecule has 0 N–H and O–H groups in total. The Labute approximate surface area is 347 Å². The maximum absolute atomic E-state index is 4.34. The van der Waals surface area contributed by atoms with Crippen LogP contribution in [0.4, 0.5) is 0 Å². The minimum Gasteiger partial charge on any atom is -0.258 e. The fourth-order valence-corrected chi connectivity index (χ4v) is 5.11. The summed E-state index contributed by atoms with van der Waals surface area (Å²) in [7, 11) is 0. The molecule has 0 radical (unpaired) electrons. The predicted molar refractivity (Wildman–Crippen MR) is 246 cm³/mol. The van der Waals surface area contributed by atoms with E-state index >= 15 is 0 Å². The van der Waals surface area contributed by atoms with Crippen LogP contribution in [0.1, 0.15) is 259 Å². The van der Waals surface area contributed by atoms with Gasteiger partial charge in [-0.05, 0) is 69.6 Å². The van der Waals surface area contributed by atoms with Crippen molar-refractivity contribution in [1.82, 2.24) is 40.1 Å². The second-order valence-corrected chi connectivity index (χ2v) is 14.7. The van der Waals surface area contributed by atoms with Crippen LogP contribution < -0.4 is 0 Å². The molecular weight excluding hydrogens is 689 g/mol. The van der Waals surface area contributed by atoms with Crippen molar-refractivity contribution in [3.8, 4) is 0 Å². The lowest BCUT2D eigenvalue weighted by atomic mass is 9.94. The fraction of sp³-hybridized carbons (Fsp3) is 0.667. The van der Waals surface area contributed by atoms with Gasteiger partial charge >= 0.3 is 0 Å². The molecule has 0 aliphatic heterocycles. The Bertz CT molecular complexity index is 1130. The van der Waals surface area contributed by atoms with E-state index in [0.29, 0.717) is 47.3 Å². The molecule has 0 unspecified atom stereocenters. The van der Waals surface area contributed by atoms with Crippen LogP contribution >= 0.6 is 0 Å². The highest BCUT2D eigenvalue weighted by Gasteiger charge is 2.13. The summed E-state index contributed by atoms with van der Waals surface area (Å²) in [5.74, 6) is 4.03. The number of rotatable bonds is 8. The van der Waals surface area contributed by atoms with Crippen molar-refractivity contribution in [1.29, 1.82) is 0 Å². The number of hydrogen-bond donors (Lipinski definition) is 0.